The first-order valence-corrected chi connectivity index (χ1v) is 8.15. The van der Waals surface area contributed by atoms with Gasteiger partial charge in [0.2, 0.25) is 0 Å². The molecule has 0 radical (unpaired) electrons. The molecule has 0 aromatic heterocycles. The van der Waals surface area contributed by atoms with E-state index >= 15 is 0 Å². The molecule has 1 atom stereocenters. The van der Waals surface area contributed by atoms with Gasteiger partial charge in [0, 0.05) is 0 Å². The normalized spacial score (nSPS) is 26.9. The molecule has 20 heavy (non-hydrogen) atoms. The molecule has 0 aliphatic heterocycles. The number of esters is 1. The minimum Gasteiger partial charge on any atom is -0.464 e. The van der Waals surface area contributed by atoms with Gasteiger partial charge in [0.25, 0.3) is 0 Å². The van der Waals surface area contributed by atoms with Gasteiger partial charge in [-0.3, -0.25) is 0 Å². The third-order valence-electron chi connectivity index (χ3n) is 4.89. The Balaban J connectivity index is 2.73. The zero-order valence-corrected chi connectivity index (χ0v) is 13.9. The van der Waals surface area contributed by atoms with Crippen molar-refractivity contribution in [3.05, 3.63) is 0 Å². The van der Waals surface area contributed by atoms with Crippen LogP contribution < -0.4 is 0 Å². The van der Waals surface area contributed by atoms with Crippen LogP contribution >= 0.6 is 0 Å². The number of hydrogen-bond acceptors (Lipinski definition) is 3. The maximum absolute atomic E-state index is 12.2. The highest BCUT2D eigenvalue weighted by atomic mass is 16.5. The second-order valence-electron chi connectivity index (χ2n) is 7.31. The van der Waals surface area contributed by atoms with Crippen molar-refractivity contribution in [2.24, 2.45) is 17.3 Å². The number of rotatable bonds is 5. The van der Waals surface area contributed by atoms with Crippen LogP contribution in [0.25, 0.3) is 0 Å². The summed E-state index contributed by atoms with van der Waals surface area (Å²) in [4.78, 5) is 12.2. The predicted molar refractivity (Wildman–Crippen MR) is 81.4 cm³/mol. The van der Waals surface area contributed by atoms with Gasteiger partial charge in [-0.15, -0.1) is 0 Å². The van der Waals surface area contributed by atoms with Crippen molar-refractivity contribution in [2.75, 3.05) is 6.61 Å². The van der Waals surface area contributed by atoms with Gasteiger partial charge in [-0.1, -0.05) is 34.1 Å². The Kier molecular flexibility index (Phi) is 6.06. The average Bonchev–Trinajstić information content (AvgIpc) is 2.38. The Morgan fingerprint density at radius 1 is 1.10 bits per heavy atom. The third kappa shape index (κ3) is 3.97. The van der Waals surface area contributed by atoms with Gasteiger partial charge in [0.1, 0.15) is 0 Å². The second kappa shape index (κ2) is 6.93. The minimum absolute atomic E-state index is 0.0556. The van der Waals surface area contributed by atoms with Gasteiger partial charge < -0.3 is 9.84 Å². The van der Waals surface area contributed by atoms with E-state index in [0.29, 0.717) is 24.4 Å². The standard InChI is InChI=1S/C17H32O3/c1-6-12-17(19,15(18)20-7-2)14-10-8-13(9-11-14)16(3,4)5/h13-14,19H,6-12H2,1-5H3. The number of carbonyl (C=O) groups excluding carboxylic acids is 1. The lowest BCUT2D eigenvalue weighted by molar-refractivity contribution is -0.175. The first kappa shape index (κ1) is 17.5. The molecular weight excluding hydrogens is 252 g/mol. The summed E-state index contributed by atoms with van der Waals surface area (Å²) >= 11 is 0. The maximum Gasteiger partial charge on any atom is 0.338 e. The van der Waals surface area contributed by atoms with Crippen LogP contribution in [-0.4, -0.2) is 23.3 Å². The number of ether oxygens (including phenoxy) is 1. The quantitative estimate of drug-likeness (QED) is 0.778. The number of carbonyl (C=O) groups is 1. The largest absolute Gasteiger partial charge is 0.464 e. The Hall–Kier alpha value is -0.570. The molecule has 1 N–H and O–H groups in total. The molecule has 3 heteroatoms. The molecule has 1 rings (SSSR count). The van der Waals surface area contributed by atoms with Crippen molar-refractivity contribution in [3.8, 4) is 0 Å². The Bertz CT molecular complexity index is 311. The Labute approximate surface area is 124 Å². The summed E-state index contributed by atoms with van der Waals surface area (Å²) in [5.41, 5.74) is -0.953. The molecule has 0 aromatic rings. The van der Waals surface area contributed by atoms with E-state index in [2.05, 4.69) is 20.8 Å². The predicted octanol–water partition coefficient (Wildman–Crippen LogP) is 3.93. The molecule has 1 aliphatic rings. The summed E-state index contributed by atoms with van der Waals surface area (Å²) in [6.07, 6.45) is 5.36. The maximum atomic E-state index is 12.2. The van der Waals surface area contributed by atoms with Crippen molar-refractivity contribution in [1.29, 1.82) is 0 Å². The van der Waals surface area contributed by atoms with Crippen molar-refractivity contribution in [2.45, 2.75) is 78.7 Å². The molecule has 0 saturated heterocycles. The van der Waals surface area contributed by atoms with Crippen molar-refractivity contribution in [3.63, 3.8) is 0 Å². The molecule has 0 amide bonds. The van der Waals surface area contributed by atoms with Crippen LogP contribution in [0.4, 0.5) is 0 Å². The van der Waals surface area contributed by atoms with Gasteiger partial charge in [0.15, 0.2) is 5.60 Å². The average molecular weight is 284 g/mol. The molecule has 118 valence electrons. The van der Waals surface area contributed by atoms with Crippen LogP contribution in [0.15, 0.2) is 0 Å². The summed E-state index contributed by atoms with van der Waals surface area (Å²) in [6.45, 7) is 11.0. The van der Waals surface area contributed by atoms with E-state index in [1.54, 1.807) is 6.92 Å². The van der Waals surface area contributed by atoms with E-state index in [9.17, 15) is 9.90 Å². The SMILES string of the molecule is CCCC(O)(C(=O)OCC)C1CCC(C(C)(C)C)CC1. The highest BCUT2D eigenvalue weighted by Gasteiger charge is 2.46. The fourth-order valence-corrected chi connectivity index (χ4v) is 3.55. The van der Waals surface area contributed by atoms with Crippen LogP contribution in [0.2, 0.25) is 0 Å². The third-order valence-corrected chi connectivity index (χ3v) is 4.89. The summed E-state index contributed by atoms with van der Waals surface area (Å²) in [5.74, 6) is 0.327. The van der Waals surface area contributed by atoms with Gasteiger partial charge >= 0.3 is 5.97 Å². The zero-order valence-electron chi connectivity index (χ0n) is 13.9. The van der Waals surface area contributed by atoms with Crippen LogP contribution in [0, 0.1) is 17.3 Å². The molecule has 1 fully saturated rings. The van der Waals surface area contributed by atoms with E-state index in [1.807, 2.05) is 6.92 Å². The Morgan fingerprint density at radius 2 is 1.60 bits per heavy atom. The zero-order chi connectivity index (χ0) is 15.4. The van der Waals surface area contributed by atoms with E-state index in [1.165, 1.54) is 0 Å². The van der Waals surface area contributed by atoms with Crippen LogP contribution in [0.1, 0.15) is 73.1 Å². The van der Waals surface area contributed by atoms with Crippen LogP contribution in [-0.2, 0) is 9.53 Å². The molecule has 0 bridgehead atoms. The lowest BCUT2D eigenvalue weighted by Gasteiger charge is -2.42. The van der Waals surface area contributed by atoms with E-state index in [-0.39, 0.29) is 5.92 Å². The smallest absolute Gasteiger partial charge is 0.338 e. The van der Waals surface area contributed by atoms with Crippen molar-refractivity contribution >= 4 is 5.97 Å². The molecule has 1 saturated carbocycles. The first-order chi connectivity index (χ1) is 9.25. The fraction of sp³-hybridized carbons (Fsp3) is 0.941. The van der Waals surface area contributed by atoms with Crippen molar-refractivity contribution < 1.29 is 14.6 Å². The van der Waals surface area contributed by atoms with Gasteiger partial charge in [-0.2, -0.15) is 0 Å². The van der Waals surface area contributed by atoms with E-state index in [0.717, 1.165) is 32.1 Å². The highest BCUT2D eigenvalue weighted by molar-refractivity contribution is 5.79. The summed E-state index contributed by atoms with van der Waals surface area (Å²) in [7, 11) is 0. The van der Waals surface area contributed by atoms with Crippen LogP contribution in [0.3, 0.4) is 0 Å². The van der Waals surface area contributed by atoms with Gasteiger partial charge in [-0.25, -0.2) is 4.79 Å². The second-order valence-corrected chi connectivity index (χ2v) is 7.31. The van der Waals surface area contributed by atoms with Crippen molar-refractivity contribution in [1.82, 2.24) is 0 Å². The minimum atomic E-state index is -1.27. The van der Waals surface area contributed by atoms with E-state index < -0.39 is 11.6 Å². The topological polar surface area (TPSA) is 46.5 Å². The van der Waals surface area contributed by atoms with E-state index in [4.69, 9.17) is 4.74 Å². The highest BCUT2D eigenvalue weighted by Crippen LogP contribution is 2.44. The Morgan fingerprint density at radius 3 is 2.00 bits per heavy atom. The van der Waals surface area contributed by atoms with Gasteiger partial charge in [-0.05, 0) is 56.3 Å². The summed E-state index contributed by atoms with van der Waals surface area (Å²) in [5, 5.41) is 10.9. The molecular formula is C17H32O3. The molecule has 1 unspecified atom stereocenters. The summed E-state index contributed by atoms with van der Waals surface area (Å²) in [6, 6.07) is 0. The molecule has 1 aliphatic carbocycles. The lowest BCUT2D eigenvalue weighted by atomic mass is 9.65. The number of aliphatic hydroxyl groups is 1. The number of hydrogen-bond donors (Lipinski definition) is 1. The molecule has 0 heterocycles. The van der Waals surface area contributed by atoms with Gasteiger partial charge in [0.05, 0.1) is 6.61 Å². The molecule has 3 nitrogen and oxygen atoms in total. The van der Waals surface area contributed by atoms with Crippen LogP contribution in [0.5, 0.6) is 0 Å². The summed E-state index contributed by atoms with van der Waals surface area (Å²) < 4.78 is 5.12. The first-order valence-electron chi connectivity index (χ1n) is 8.15. The lowest BCUT2D eigenvalue weighted by Crippen LogP contribution is -2.48. The molecule has 0 spiro atoms. The monoisotopic (exact) mass is 284 g/mol. The molecule has 0 aromatic carbocycles. The fourth-order valence-electron chi connectivity index (χ4n) is 3.55.